The Hall–Kier alpha value is -3.06. The lowest BCUT2D eigenvalue weighted by Crippen LogP contribution is -2.61. The number of hydrogen-bond acceptors (Lipinski definition) is 15. The molecular formula is C55H92O15. The predicted octanol–water partition coefficient (Wildman–Crippen LogP) is 7.82. The van der Waals surface area contributed by atoms with Crippen LogP contribution in [0.25, 0.3) is 0 Å². The van der Waals surface area contributed by atoms with Gasteiger partial charge in [-0.2, -0.15) is 0 Å². The van der Waals surface area contributed by atoms with E-state index < -0.39 is 99.3 Å². The summed E-state index contributed by atoms with van der Waals surface area (Å²) in [5.74, 6) is -1.02. The van der Waals surface area contributed by atoms with Crippen LogP contribution < -0.4 is 0 Å². The number of ether oxygens (including phenoxy) is 6. The molecule has 2 saturated heterocycles. The van der Waals surface area contributed by atoms with Crippen molar-refractivity contribution in [2.45, 2.75) is 235 Å². The maximum Gasteiger partial charge on any atom is 0.306 e. The third-order valence-electron chi connectivity index (χ3n) is 12.3. The highest BCUT2D eigenvalue weighted by molar-refractivity contribution is 5.70. The second-order valence-electron chi connectivity index (χ2n) is 18.4. The van der Waals surface area contributed by atoms with Crippen molar-refractivity contribution in [3.63, 3.8) is 0 Å². The van der Waals surface area contributed by atoms with Crippen LogP contribution in [0, 0.1) is 0 Å². The molecule has 5 unspecified atom stereocenters. The van der Waals surface area contributed by atoms with Gasteiger partial charge in [0.1, 0.15) is 55.4 Å². The monoisotopic (exact) mass is 993 g/mol. The second-order valence-corrected chi connectivity index (χ2v) is 18.4. The molecule has 0 aromatic carbocycles. The molecule has 15 nitrogen and oxygen atoms in total. The summed E-state index contributed by atoms with van der Waals surface area (Å²) in [4.78, 5) is 25.7. The number of esters is 2. The zero-order valence-corrected chi connectivity index (χ0v) is 42.5. The van der Waals surface area contributed by atoms with Crippen LogP contribution in [0.3, 0.4) is 0 Å². The van der Waals surface area contributed by atoms with E-state index >= 15 is 0 Å². The van der Waals surface area contributed by atoms with Gasteiger partial charge in [-0.25, -0.2) is 0 Å². The average Bonchev–Trinajstić information content (AvgIpc) is 3.35. The first-order chi connectivity index (χ1) is 34.0. The van der Waals surface area contributed by atoms with E-state index in [0.29, 0.717) is 19.3 Å². The number of unbranched alkanes of at least 4 members (excludes halogenated alkanes) is 18. The normalized spacial score (nSPS) is 26.0. The molecule has 2 fully saturated rings. The van der Waals surface area contributed by atoms with Crippen molar-refractivity contribution < 1.29 is 73.8 Å². The fraction of sp³-hybridized carbons (Fsp3) is 0.745. The van der Waals surface area contributed by atoms with Crippen molar-refractivity contribution in [1.29, 1.82) is 0 Å². The smallest absolute Gasteiger partial charge is 0.306 e. The van der Waals surface area contributed by atoms with Crippen LogP contribution in [0.4, 0.5) is 0 Å². The SMILES string of the molecule is CC/C=C/C=C/C=C/C=C/C=C/CCCC(=O)OC(COC(=O)CCCCCCCCC/C=C/CCCCCCCCCCCC)CO[C@@H]1O[C@H](CO[C@@H]2O[C@H](CO)[C@H](O)C(O)C2O)[C@H](O)C(O)C1O. The highest BCUT2D eigenvalue weighted by Crippen LogP contribution is 2.26. The Morgan fingerprint density at radius 3 is 1.49 bits per heavy atom. The Kier molecular flexibility index (Phi) is 37.3. The van der Waals surface area contributed by atoms with Gasteiger partial charge < -0.3 is 64.2 Å². The zero-order valence-electron chi connectivity index (χ0n) is 42.5. The van der Waals surface area contributed by atoms with Crippen molar-refractivity contribution in [1.82, 2.24) is 0 Å². The molecule has 11 atom stereocenters. The first-order valence-electron chi connectivity index (χ1n) is 26.6. The van der Waals surface area contributed by atoms with Gasteiger partial charge in [0.25, 0.3) is 0 Å². The molecule has 0 radical (unpaired) electrons. The molecule has 0 bridgehead atoms. The van der Waals surface area contributed by atoms with Crippen LogP contribution >= 0.6 is 0 Å². The van der Waals surface area contributed by atoms with Gasteiger partial charge in [0.05, 0.1) is 19.8 Å². The number of carbonyl (C=O) groups is 2. The Labute approximate surface area is 419 Å². The van der Waals surface area contributed by atoms with E-state index in [1.165, 1.54) is 83.5 Å². The molecule has 0 spiro atoms. The number of aliphatic hydroxyl groups is 7. The first kappa shape index (κ1) is 63.1. The lowest BCUT2D eigenvalue weighted by atomic mass is 9.98. The van der Waals surface area contributed by atoms with Gasteiger partial charge in [0.15, 0.2) is 18.7 Å². The van der Waals surface area contributed by atoms with Crippen LogP contribution in [0.5, 0.6) is 0 Å². The fourth-order valence-electron chi connectivity index (χ4n) is 7.95. The van der Waals surface area contributed by atoms with Crippen molar-refractivity contribution in [3.05, 3.63) is 72.9 Å². The van der Waals surface area contributed by atoms with Crippen molar-refractivity contribution in [3.8, 4) is 0 Å². The van der Waals surface area contributed by atoms with Crippen molar-refractivity contribution in [2.24, 2.45) is 0 Å². The Bertz CT molecular complexity index is 1490. The van der Waals surface area contributed by atoms with Crippen LogP contribution in [0.2, 0.25) is 0 Å². The van der Waals surface area contributed by atoms with Gasteiger partial charge in [-0.1, -0.05) is 177 Å². The largest absolute Gasteiger partial charge is 0.462 e. The maximum atomic E-state index is 13.0. The molecular weight excluding hydrogens is 901 g/mol. The summed E-state index contributed by atoms with van der Waals surface area (Å²) in [5, 5.41) is 72.1. The van der Waals surface area contributed by atoms with E-state index in [2.05, 4.69) is 32.1 Å². The zero-order chi connectivity index (χ0) is 51.0. The van der Waals surface area contributed by atoms with Gasteiger partial charge in [0, 0.05) is 12.8 Å². The molecule has 2 heterocycles. The third kappa shape index (κ3) is 28.8. The van der Waals surface area contributed by atoms with Gasteiger partial charge in [-0.3, -0.25) is 9.59 Å². The first-order valence-corrected chi connectivity index (χ1v) is 26.6. The highest BCUT2D eigenvalue weighted by Gasteiger charge is 2.47. The quantitative estimate of drug-likeness (QED) is 0.0134. The molecule has 0 aromatic rings. The summed E-state index contributed by atoms with van der Waals surface area (Å²) in [7, 11) is 0. The van der Waals surface area contributed by atoms with Crippen LogP contribution in [-0.2, 0) is 38.0 Å². The maximum absolute atomic E-state index is 13.0. The summed E-state index contributed by atoms with van der Waals surface area (Å²) in [5.41, 5.74) is 0. The Balaban J connectivity index is 1.79. The standard InChI is InChI=1S/C55H92O15/c1-3-5-7-9-11-13-15-17-18-19-20-21-22-23-24-26-27-29-31-33-35-37-46(57)65-40-43(68-47(58)38-36-34-32-30-28-25-16-14-12-10-8-6-4-2)41-66-54-53(64)51(62)49(60)45(70-54)42-67-55-52(63)50(61)48(59)44(39-56)69-55/h6,8,10,12,14,16,21-22,25,28,30,32,43-45,48-56,59-64H,3-5,7,9,11,13,15,17-20,23-24,26-27,29,31,33-42H2,1-2H3/b8-6+,12-10+,16-14+,22-21+,28-25+,32-30+/t43?,44-,45-,48+,49+,50?,51?,52?,53?,54-,55-/m1/s1. The summed E-state index contributed by atoms with van der Waals surface area (Å²) < 4.78 is 33.5. The summed E-state index contributed by atoms with van der Waals surface area (Å²) in [6, 6.07) is 0. The van der Waals surface area contributed by atoms with E-state index in [1.54, 1.807) is 0 Å². The molecule has 2 rings (SSSR count). The van der Waals surface area contributed by atoms with Gasteiger partial charge >= 0.3 is 11.9 Å². The molecule has 402 valence electrons. The highest BCUT2D eigenvalue weighted by atomic mass is 16.7. The molecule has 15 heteroatoms. The number of carbonyl (C=O) groups excluding carboxylic acids is 2. The lowest BCUT2D eigenvalue weighted by molar-refractivity contribution is -0.332. The van der Waals surface area contributed by atoms with Crippen molar-refractivity contribution >= 4 is 11.9 Å². The summed E-state index contributed by atoms with van der Waals surface area (Å²) in [6.07, 6.45) is 32.4. The van der Waals surface area contributed by atoms with Crippen LogP contribution in [0.15, 0.2) is 72.9 Å². The molecule has 2 aliphatic rings. The Morgan fingerprint density at radius 2 is 0.929 bits per heavy atom. The van der Waals surface area contributed by atoms with Crippen LogP contribution in [-0.4, -0.2) is 142 Å². The lowest BCUT2D eigenvalue weighted by Gasteiger charge is -2.42. The molecule has 0 saturated carbocycles. The minimum absolute atomic E-state index is 0.0649. The molecule has 0 aromatic heterocycles. The molecule has 2 aliphatic heterocycles. The predicted molar refractivity (Wildman–Crippen MR) is 270 cm³/mol. The average molecular weight is 993 g/mol. The number of hydrogen-bond donors (Lipinski definition) is 7. The van der Waals surface area contributed by atoms with E-state index in [0.717, 1.165) is 38.5 Å². The molecule has 0 amide bonds. The van der Waals surface area contributed by atoms with Gasteiger partial charge in [-0.15, -0.1) is 0 Å². The Morgan fingerprint density at radius 1 is 0.471 bits per heavy atom. The van der Waals surface area contributed by atoms with Gasteiger partial charge in [-0.05, 0) is 51.4 Å². The molecule has 70 heavy (non-hydrogen) atoms. The summed E-state index contributed by atoms with van der Waals surface area (Å²) in [6.45, 7) is 2.36. The fourth-order valence-corrected chi connectivity index (χ4v) is 7.95. The molecule has 7 N–H and O–H groups in total. The summed E-state index contributed by atoms with van der Waals surface area (Å²) >= 11 is 0. The molecule has 0 aliphatic carbocycles. The van der Waals surface area contributed by atoms with E-state index in [-0.39, 0.29) is 19.4 Å². The minimum Gasteiger partial charge on any atom is -0.462 e. The second kappa shape index (κ2) is 41.4. The van der Waals surface area contributed by atoms with E-state index in [4.69, 9.17) is 28.4 Å². The van der Waals surface area contributed by atoms with E-state index in [9.17, 15) is 45.3 Å². The van der Waals surface area contributed by atoms with Gasteiger partial charge in [0.2, 0.25) is 0 Å². The third-order valence-corrected chi connectivity index (χ3v) is 12.3. The van der Waals surface area contributed by atoms with Crippen molar-refractivity contribution in [2.75, 3.05) is 26.4 Å². The minimum atomic E-state index is -1.78. The number of aliphatic hydroxyl groups excluding tert-OH is 7. The van der Waals surface area contributed by atoms with Crippen LogP contribution in [0.1, 0.15) is 168 Å². The number of rotatable bonds is 40. The number of allylic oxidation sites excluding steroid dienone is 12. The topological polar surface area (TPSA) is 231 Å². The van der Waals surface area contributed by atoms with E-state index in [1.807, 2.05) is 54.7 Å².